The van der Waals surface area contributed by atoms with E-state index in [1.54, 1.807) is 0 Å². The van der Waals surface area contributed by atoms with Crippen LogP contribution in [0, 0.1) is 0 Å². The smallest absolute Gasteiger partial charge is 0.224 e. The van der Waals surface area contributed by atoms with Gasteiger partial charge in [0, 0.05) is 24.5 Å². The number of nitrogens with two attached hydrogens (primary N) is 1. The van der Waals surface area contributed by atoms with Crippen LogP contribution in [0.25, 0.3) is 0 Å². The van der Waals surface area contributed by atoms with Gasteiger partial charge < -0.3 is 16.4 Å². The molecule has 0 unspecified atom stereocenters. The zero-order valence-corrected chi connectivity index (χ0v) is 12.2. The molecule has 0 heterocycles. The molecule has 21 heavy (non-hydrogen) atoms. The number of carbonyl (C=O) groups is 1. The minimum absolute atomic E-state index is 0.0512. The van der Waals surface area contributed by atoms with Crippen LogP contribution >= 0.6 is 0 Å². The molecule has 0 fully saturated rings. The number of rotatable bonds is 6. The lowest BCUT2D eigenvalue weighted by Gasteiger charge is -2.09. The van der Waals surface area contributed by atoms with E-state index >= 15 is 0 Å². The highest BCUT2D eigenvalue weighted by Crippen LogP contribution is 2.15. The van der Waals surface area contributed by atoms with E-state index in [1.807, 2.05) is 55.5 Å². The standard InChI is InChI=1S/C17H21N3O/c1-2-19-17(21)11-13-7-9-15(10-8-13)20-12-14-5-3-4-6-16(14)18/h3-10,20H,2,11-12,18H2,1H3,(H,19,21). The van der Waals surface area contributed by atoms with Crippen molar-refractivity contribution in [2.24, 2.45) is 0 Å². The van der Waals surface area contributed by atoms with Gasteiger partial charge >= 0.3 is 0 Å². The molecule has 4 N–H and O–H groups in total. The van der Waals surface area contributed by atoms with E-state index in [0.717, 1.165) is 22.5 Å². The zero-order chi connectivity index (χ0) is 15.1. The van der Waals surface area contributed by atoms with Crippen LogP contribution in [0.4, 0.5) is 11.4 Å². The van der Waals surface area contributed by atoms with Gasteiger partial charge in [-0.05, 0) is 36.2 Å². The lowest BCUT2D eigenvalue weighted by molar-refractivity contribution is -0.120. The Kier molecular flexibility index (Phi) is 5.21. The van der Waals surface area contributed by atoms with Gasteiger partial charge in [0.2, 0.25) is 5.91 Å². The van der Waals surface area contributed by atoms with Gasteiger partial charge in [0.05, 0.1) is 6.42 Å². The zero-order valence-electron chi connectivity index (χ0n) is 12.2. The summed E-state index contributed by atoms with van der Waals surface area (Å²) in [6, 6.07) is 15.7. The summed E-state index contributed by atoms with van der Waals surface area (Å²) in [4.78, 5) is 11.5. The predicted octanol–water partition coefficient (Wildman–Crippen LogP) is 2.56. The molecule has 2 aromatic rings. The van der Waals surface area contributed by atoms with Crippen LogP contribution in [0.5, 0.6) is 0 Å². The summed E-state index contributed by atoms with van der Waals surface area (Å²) >= 11 is 0. The van der Waals surface area contributed by atoms with Crippen LogP contribution in [-0.4, -0.2) is 12.5 Å². The second kappa shape index (κ2) is 7.33. The number of nitrogen functional groups attached to an aromatic ring is 1. The minimum Gasteiger partial charge on any atom is -0.398 e. The highest BCUT2D eigenvalue weighted by Gasteiger charge is 2.02. The van der Waals surface area contributed by atoms with Crippen molar-refractivity contribution in [1.29, 1.82) is 0 Å². The number of anilines is 2. The van der Waals surface area contributed by atoms with Crippen LogP contribution in [-0.2, 0) is 17.8 Å². The fourth-order valence-electron chi connectivity index (χ4n) is 2.08. The maximum absolute atomic E-state index is 11.5. The Morgan fingerprint density at radius 1 is 1.10 bits per heavy atom. The second-order valence-electron chi connectivity index (χ2n) is 4.88. The maximum Gasteiger partial charge on any atom is 0.224 e. The molecule has 0 bridgehead atoms. The maximum atomic E-state index is 11.5. The lowest BCUT2D eigenvalue weighted by Crippen LogP contribution is -2.24. The highest BCUT2D eigenvalue weighted by atomic mass is 16.1. The van der Waals surface area contributed by atoms with Gasteiger partial charge in [-0.2, -0.15) is 0 Å². The normalized spacial score (nSPS) is 10.1. The van der Waals surface area contributed by atoms with Crippen LogP contribution in [0.1, 0.15) is 18.1 Å². The van der Waals surface area contributed by atoms with Gasteiger partial charge in [0.25, 0.3) is 0 Å². The fourth-order valence-corrected chi connectivity index (χ4v) is 2.08. The summed E-state index contributed by atoms with van der Waals surface area (Å²) in [5.41, 5.74) is 9.79. The van der Waals surface area contributed by atoms with Gasteiger partial charge in [-0.15, -0.1) is 0 Å². The molecule has 110 valence electrons. The van der Waals surface area contributed by atoms with Crippen molar-refractivity contribution >= 4 is 17.3 Å². The SMILES string of the molecule is CCNC(=O)Cc1ccc(NCc2ccccc2N)cc1. The topological polar surface area (TPSA) is 67.2 Å². The lowest BCUT2D eigenvalue weighted by atomic mass is 10.1. The number of amides is 1. The van der Waals surface area contributed by atoms with Crippen molar-refractivity contribution in [1.82, 2.24) is 5.32 Å². The third kappa shape index (κ3) is 4.53. The van der Waals surface area contributed by atoms with Crippen molar-refractivity contribution < 1.29 is 4.79 Å². The molecule has 0 aliphatic carbocycles. The first-order valence-corrected chi connectivity index (χ1v) is 7.12. The quantitative estimate of drug-likeness (QED) is 0.714. The second-order valence-corrected chi connectivity index (χ2v) is 4.88. The first kappa shape index (κ1) is 14.9. The molecule has 0 atom stereocenters. The van der Waals surface area contributed by atoms with E-state index in [2.05, 4.69) is 10.6 Å². The largest absolute Gasteiger partial charge is 0.398 e. The van der Waals surface area contributed by atoms with Gasteiger partial charge in [0.1, 0.15) is 0 Å². The molecule has 2 aromatic carbocycles. The average molecular weight is 283 g/mol. The molecule has 0 spiro atoms. The summed E-state index contributed by atoms with van der Waals surface area (Å²) < 4.78 is 0. The Balaban J connectivity index is 1.91. The summed E-state index contributed by atoms with van der Waals surface area (Å²) in [6.07, 6.45) is 0.416. The number of hydrogen-bond acceptors (Lipinski definition) is 3. The van der Waals surface area contributed by atoms with Gasteiger partial charge in [-0.1, -0.05) is 30.3 Å². The molecular formula is C17H21N3O. The van der Waals surface area contributed by atoms with Crippen molar-refractivity contribution in [3.63, 3.8) is 0 Å². The number of likely N-dealkylation sites (N-methyl/N-ethyl adjacent to an activating group) is 1. The predicted molar refractivity (Wildman–Crippen MR) is 87.0 cm³/mol. The molecule has 4 nitrogen and oxygen atoms in total. The van der Waals surface area contributed by atoms with E-state index in [4.69, 9.17) is 5.73 Å². The van der Waals surface area contributed by atoms with E-state index < -0.39 is 0 Å². The van der Waals surface area contributed by atoms with Crippen molar-refractivity contribution in [2.75, 3.05) is 17.6 Å². The van der Waals surface area contributed by atoms with Crippen LogP contribution in [0.2, 0.25) is 0 Å². The van der Waals surface area contributed by atoms with Gasteiger partial charge in [-0.3, -0.25) is 4.79 Å². The molecule has 0 aliphatic heterocycles. The monoisotopic (exact) mass is 283 g/mol. The molecular weight excluding hydrogens is 262 g/mol. The summed E-state index contributed by atoms with van der Waals surface area (Å²) in [5, 5.41) is 6.12. The molecule has 0 saturated carbocycles. The average Bonchev–Trinajstić information content (AvgIpc) is 2.48. The van der Waals surface area contributed by atoms with Crippen molar-refractivity contribution in [3.05, 3.63) is 59.7 Å². The van der Waals surface area contributed by atoms with Gasteiger partial charge in [0.15, 0.2) is 0 Å². The number of nitrogens with one attached hydrogen (secondary N) is 2. The first-order valence-electron chi connectivity index (χ1n) is 7.12. The number of carbonyl (C=O) groups excluding carboxylic acids is 1. The molecule has 0 aromatic heterocycles. The van der Waals surface area contributed by atoms with E-state index in [1.165, 1.54) is 0 Å². The van der Waals surface area contributed by atoms with Crippen LogP contribution < -0.4 is 16.4 Å². The van der Waals surface area contributed by atoms with Crippen molar-refractivity contribution in [2.45, 2.75) is 19.9 Å². The van der Waals surface area contributed by atoms with E-state index in [0.29, 0.717) is 19.5 Å². The van der Waals surface area contributed by atoms with Gasteiger partial charge in [-0.25, -0.2) is 0 Å². The molecule has 1 amide bonds. The molecule has 4 heteroatoms. The number of para-hydroxylation sites is 1. The Bertz CT molecular complexity index is 593. The number of hydrogen-bond donors (Lipinski definition) is 3. The van der Waals surface area contributed by atoms with Crippen LogP contribution in [0.3, 0.4) is 0 Å². The number of benzene rings is 2. The van der Waals surface area contributed by atoms with E-state index in [9.17, 15) is 4.79 Å². The summed E-state index contributed by atoms with van der Waals surface area (Å²) in [6.45, 7) is 3.26. The fraction of sp³-hybridized carbons (Fsp3) is 0.235. The van der Waals surface area contributed by atoms with E-state index in [-0.39, 0.29) is 5.91 Å². The third-order valence-corrected chi connectivity index (χ3v) is 3.23. The highest BCUT2D eigenvalue weighted by molar-refractivity contribution is 5.78. The minimum atomic E-state index is 0.0512. The Labute approximate surface area is 125 Å². The Morgan fingerprint density at radius 3 is 2.48 bits per heavy atom. The first-order chi connectivity index (χ1) is 10.2. The van der Waals surface area contributed by atoms with Crippen molar-refractivity contribution in [3.8, 4) is 0 Å². The molecule has 0 aliphatic rings. The van der Waals surface area contributed by atoms with Crippen LogP contribution in [0.15, 0.2) is 48.5 Å². The summed E-state index contributed by atoms with van der Waals surface area (Å²) in [5.74, 6) is 0.0512. The third-order valence-electron chi connectivity index (χ3n) is 3.23. The summed E-state index contributed by atoms with van der Waals surface area (Å²) in [7, 11) is 0. The Hall–Kier alpha value is -2.49. The molecule has 0 radical (unpaired) electrons. The molecule has 0 saturated heterocycles. The Morgan fingerprint density at radius 2 is 1.81 bits per heavy atom. The molecule has 2 rings (SSSR count).